The topological polar surface area (TPSA) is 70.2 Å². The number of nitrogens with zero attached hydrogens (tertiary/aromatic N) is 3. The van der Waals surface area contributed by atoms with E-state index in [1.807, 2.05) is 0 Å². The highest BCUT2D eigenvalue weighted by molar-refractivity contribution is 5.16. The fourth-order valence-corrected chi connectivity index (χ4v) is 0.802. The van der Waals surface area contributed by atoms with Crippen molar-refractivity contribution >= 4 is 5.82 Å². The zero-order valence-electron chi connectivity index (χ0n) is 6.56. The molecule has 12 heavy (non-hydrogen) atoms. The van der Waals surface area contributed by atoms with Crippen molar-refractivity contribution in [2.75, 3.05) is 7.11 Å². The Kier molecular flexibility index (Phi) is 2.27. The van der Waals surface area contributed by atoms with E-state index in [1.165, 1.54) is 18.0 Å². The Labute approximate surface area is 68.9 Å². The Morgan fingerprint density at radius 2 is 2.58 bits per heavy atom. The summed E-state index contributed by atoms with van der Waals surface area (Å²) in [6.07, 6.45) is 1.56. The van der Waals surface area contributed by atoms with Crippen molar-refractivity contribution in [3.05, 3.63) is 29.1 Å². The van der Waals surface area contributed by atoms with Gasteiger partial charge in [-0.15, -0.1) is 4.73 Å². The van der Waals surface area contributed by atoms with Crippen LogP contribution < -0.4 is 4.84 Å². The molecule has 1 aromatic heterocycles. The van der Waals surface area contributed by atoms with Gasteiger partial charge in [-0.05, 0) is 16.8 Å². The molecule has 0 N–H and O–H groups in total. The Morgan fingerprint density at radius 1 is 1.92 bits per heavy atom. The van der Waals surface area contributed by atoms with E-state index in [1.54, 1.807) is 0 Å². The second-order valence-corrected chi connectivity index (χ2v) is 2.03. The largest absolute Gasteiger partial charge is 0.414 e. The number of imidazole rings is 1. The van der Waals surface area contributed by atoms with E-state index in [-0.39, 0.29) is 5.82 Å². The van der Waals surface area contributed by atoms with Crippen LogP contribution in [0.15, 0.2) is 6.20 Å². The first-order valence-corrected chi connectivity index (χ1v) is 3.25. The average Bonchev–Trinajstić information content (AvgIpc) is 2.46. The van der Waals surface area contributed by atoms with Crippen molar-refractivity contribution in [2.24, 2.45) is 0 Å². The molecular weight excluding hydrogens is 162 g/mol. The lowest BCUT2D eigenvalue weighted by atomic mass is 10.5. The molecule has 1 heterocycles. The van der Waals surface area contributed by atoms with Gasteiger partial charge in [-0.1, -0.05) is 0 Å². The van der Waals surface area contributed by atoms with Gasteiger partial charge < -0.3 is 15.0 Å². The number of hydrogen-bond acceptors (Lipinski definition) is 4. The lowest BCUT2D eigenvalue weighted by Gasteiger charge is -1.96. The first-order valence-electron chi connectivity index (χ1n) is 3.25. The molecule has 65 valence electrons. The maximum atomic E-state index is 10.3. The van der Waals surface area contributed by atoms with E-state index in [9.17, 15) is 10.1 Å². The summed E-state index contributed by atoms with van der Waals surface area (Å²) in [5.74, 6) is 0.208. The first-order chi connectivity index (χ1) is 5.69. The smallest absolute Gasteiger partial charge is 0.385 e. The summed E-state index contributed by atoms with van der Waals surface area (Å²) in [4.78, 5) is 18.1. The molecular formula is C6H8N3O3. The van der Waals surface area contributed by atoms with Crippen LogP contribution in [-0.2, 0) is 6.42 Å². The Bertz CT molecular complexity index is 273. The number of aromatic nitrogens is 2. The molecule has 0 unspecified atom stereocenters. The number of hydrogen-bond donors (Lipinski definition) is 0. The van der Waals surface area contributed by atoms with Gasteiger partial charge in [-0.25, -0.2) is 0 Å². The van der Waals surface area contributed by atoms with Gasteiger partial charge in [0, 0.05) is 6.42 Å². The van der Waals surface area contributed by atoms with Crippen LogP contribution in [0.4, 0.5) is 5.82 Å². The third-order valence-electron chi connectivity index (χ3n) is 1.34. The van der Waals surface area contributed by atoms with Crippen LogP contribution in [0.2, 0.25) is 0 Å². The highest BCUT2D eigenvalue weighted by Gasteiger charge is 2.16. The summed E-state index contributed by atoms with van der Waals surface area (Å²) < 4.78 is 1.23. The quantitative estimate of drug-likeness (QED) is 0.480. The predicted octanol–water partition coefficient (Wildman–Crippen LogP) is 0.226. The fraction of sp³-hybridized carbons (Fsp3) is 0.333. The normalized spacial score (nSPS) is 9.83. The molecule has 6 heteroatoms. The van der Waals surface area contributed by atoms with Gasteiger partial charge in [0.05, 0.1) is 0 Å². The highest BCUT2D eigenvalue weighted by Crippen LogP contribution is 2.09. The van der Waals surface area contributed by atoms with E-state index in [2.05, 4.69) is 11.9 Å². The summed E-state index contributed by atoms with van der Waals surface area (Å²) in [7, 11) is 1.41. The van der Waals surface area contributed by atoms with Gasteiger partial charge in [0.25, 0.3) is 5.82 Å². The van der Waals surface area contributed by atoms with E-state index in [0.29, 0.717) is 12.2 Å². The summed E-state index contributed by atoms with van der Waals surface area (Å²) >= 11 is 0. The van der Waals surface area contributed by atoms with Crippen LogP contribution in [0.25, 0.3) is 0 Å². The molecule has 0 aliphatic heterocycles. The lowest BCUT2D eigenvalue weighted by molar-refractivity contribution is -0.389. The standard InChI is InChI=1S/C6H8N3O3/c1-3-5-7-6(9(10)11)4-8(5)12-2/h4H,1,3H2,2H3. The molecule has 0 fully saturated rings. The minimum Gasteiger partial charge on any atom is -0.414 e. The molecule has 6 nitrogen and oxygen atoms in total. The van der Waals surface area contributed by atoms with Crippen molar-refractivity contribution < 1.29 is 9.76 Å². The SMILES string of the molecule is [CH2]Cc1nc([N+](=O)[O-])cn1OC. The number of rotatable bonds is 3. The Balaban J connectivity index is 3.05. The Hall–Kier alpha value is -1.59. The zero-order valence-corrected chi connectivity index (χ0v) is 6.56. The van der Waals surface area contributed by atoms with Crippen LogP contribution in [0.5, 0.6) is 0 Å². The maximum Gasteiger partial charge on any atom is 0.385 e. The summed E-state index contributed by atoms with van der Waals surface area (Å²) in [6, 6.07) is 0. The summed E-state index contributed by atoms with van der Waals surface area (Å²) in [6.45, 7) is 3.55. The highest BCUT2D eigenvalue weighted by atomic mass is 16.7. The second-order valence-electron chi connectivity index (χ2n) is 2.03. The van der Waals surface area contributed by atoms with Crippen molar-refractivity contribution in [2.45, 2.75) is 6.42 Å². The molecule has 0 bridgehead atoms. The summed E-state index contributed by atoms with van der Waals surface area (Å²) in [5, 5.41) is 10.3. The van der Waals surface area contributed by atoms with E-state index in [4.69, 9.17) is 4.84 Å². The van der Waals surface area contributed by atoms with E-state index in [0.717, 1.165) is 0 Å². The molecule has 0 atom stereocenters. The van der Waals surface area contributed by atoms with Gasteiger partial charge in [0.15, 0.2) is 0 Å². The second kappa shape index (κ2) is 3.21. The molecule has 0 aliphatic carbocycles. The third kappa shape index (κ3) is 1.36. The van der Waals surface area contributed by atoms with Crippen molar-refractivity contribution in [3.63, 3.8) is 0 Å². The predicted molar refractivity (Wildman–Crippen MR) is 40.4 cm³/mol. The average molecular weight is 170 g/mol. The molecule has 0 amide bonds. The molecule has 1 aromatic rings. The molecule has 1 radical (unpaired) electrons. The fourth-order valence-electron chi connectivity index (χ4n) is 0.802. The lowest BCUT2D eigenvalue weighted by Crippen LogP contribution is -2.07. The monoisotopic (exact) mass is 170 g/mol. The van der Waals surface area contributed by atoms with Gasteiger partial charge in [0.1, 0.15) is 13.3 Å². The van der Waals surface area contributed by atoms with Gasteiger partial charge in [-0.2, -0.15) is 0 Å². The van der Waals surface area contributed by atoms with Crippen molar-refractivity contribution in [1.82, 2.24) is 9.71 Å². The van der Waals surface area contributed by atoms with Crippen LogP contribution in [0.3, 0.4) is 0 Å². The van der Waals surface area contributed by atoms with E-state index >= 15 is 0 Å². The van der Waals surface area contributed by atoms with Gasteiger partial charge >= 0.3 is 5.82 Å². The molecule has 0 aliphatic rings. The van der Waals surface area contributed by atoms with Crippen molar-refractivity contribution in [1.29, 1.82) is 0 Å². The van der Waals surface area contributed by atoms with Crippen LogP contribution in [0, 0.1) is 17.0 Å². The Morgan fingerprint density at radius 3 is 2.92 bits per heavy atom. The van der Waals surface area contributed by atoms with E-state index < -0.39 is 4.92 Å². The molecule has 0 saturated heterocycles. The van der Waals surface area contributed by atoms with Crippen LogP contribution in [0.1, 0.15) is 5.82 Å². The van der Waals surface area contributed by atoms with Crippen molar-refractivity contribution in [3.8, 4) is 0 Å². The summed E-state index contributed by atoms with van der Waals surface area (Å²) in [5.41, 5.74) is 0. The molecule has 0 saturated carbocycles. The first kappa shape index (κ1) is 8.51. The minimum atomic E-state index is -0.575. The molecule has 0 spiro atoms. The molecule has 1 rings (SSSR count). The third-order valence-corrected chi connectivity index (χ3v) is 1.34. The van der Waals surface area contributed by atoms with Gasteiger partial charge in [-0.3, -0.25) is 0 Å². The maximum absolute atomic E-state index is 10.3. The van der Waals surface area contributed by atoms with Crippen LogP contribution >= 0.6 is 0 Å². The minimum absolute atomic E-state index is 0.226. The molecule has 0 aromatic carbocycles. The van der Waals surface area contributed by atoms with Crippen LogP contribution in [-0.4, -0.2) is 21.7 Å². The number of nitro groups is 1. The van der Waals surface area contributed by atoms with Gasteiger partial charge in [0.2, 0.25) is 0 Å². The zero-order chi connectivity index (χ0) is 9.14.